The maximum Gasteiger partial charge on any atom is 0.195 e. The molecule has 1 fully saturated rings. The zero-order valence-corrected chi connectivity index (χ0v) is 15.2. The van der Waals surface area contributed by atoms with Gasteiger partial charge in [0.05, 0.1) is 0 Å². The molecule has 0 aromatic heterocycles. The van der Waals surface area contributed by atoms with E-state index in [1.807, 2.05) is 24.3 Å². The summed E-state index contributed by atoms with van der Waals surface area (Å²) in [6.45, 7) is 0. The molecule has 0 aliphatic heterocycles. The van der Waals surface area contributed by atoms with Crippen molar-refractivity contribution in [2.45, 2.75) is 43.6 Å². The van der Waals surface area contributed by atoms with Crippen LogP contribution in [0.3, 0.4) is 0 Å². The van der Waals surface area contributed by atoms with Gasteiger partial charge in [-0.3, -0.25) is 9.59 Å². The number of Topliss-reactive ketones (excluding diaryl/α,β-unsaturated/α-hetero) is 2. The first-order valence-electron chi connectivity index (χ1n) is 9.14. The number of hydrogen-bond acceptors (Lipinski definition) is 3. The zero-order chi connectivity index (χ0) is 18.3. The minimum atomic E-state index is -1.56. The van der Waals surface area contributed by atoms with Crippen LogP contribution in [-0.2, 0) is 0 Å². The number of carbonyl (C=O) groups is 2. The molecule has 0 radical (unpaired) electrons. The molecule has 2 aromatic rings. The smallest absolute Gasteiger partial charge is 0.195 e. The van der Waals surface area contributed by atoms with Gasteiger partial charge in [-0.15, -0.1) is 0 Å². The van der Waals surface area contributed by atoms with Gasteiger partial charge < -0.3 is 5.11 Å². The molecule has 1 saturated carbocycles. The molecule has 2 aliphatic carbocycles. The molecule has 0 amide bonds. The first-order chi connectivity index (χ1) is 12.5. The summed E-state index contributed by atoms with van der Waals surface area (Å²) in [4.78, 5) is 25.4. The lowest BCUT2D eigenvalue weighted by Gasteiger charge is -2.41. The monoisotopic (exact) mass is 368 g/mol. The summed E-state index contributed by atoms with van der Waals surface area (Å²) in [6.07, 6.45) is 3.19. The third kappa shape index (κ3) is 2.89. The molecule has 0 bridgehead atoms. The molecule has 4 heteroatoms. The van der Waals surface area contributed by atoms with Crippen molar-refractivity contribution in [1.82, 2.24) is 0 Å². The Kier molecular flexibility index (Phi) is 4.45. The van der Waals surface area contributed by atoms with Crippen LogP contribution < -0.4 is 0 Å². The fourth-order valence-corrected chi connectivity index (χ4v) is 4.67. The van der Waals surface area contributed by atoms with Crippen molar-refractivity contribution in [2.75, 3.05) is 0 Å². The molecule has 0 spiro atoms. The van der Waals surface area contributed by atoms with Crippen molar-refractivity contribution >= 4 is 23.2 Å². The summed E-state index contributed by atoms with van der Waals surface area (Å²) in [6, 6.07) is 14.7. The van der Waals surface area contributed by atoms with E-state index in [0.29, 0.717) is 17.0 Å². The predicted molar refractivity (Wildman–Crippen MR) is 101 cm³/mol. The Bertz CT molecular complexity index is 850. The number of rotatable bonds is 2. The van der Waals surface area contributed by atoms with Crippen molar-refractivity contribution in [1.29, 1.82) is 0 Å². The molecule has 2 aromatic carbocycles. The fraction of sp³-hybridized carbons (Fsp3) is 0.364. The molecule has 1 unspecified atom stereocenters. The maximum atomic E-state index is 13.0. The SMILES string of the molecule is O=C1CC(O)(C2CCC(c3ccc(Cl)cc3)CC2)C(=O)c2ccccc21. The maximum absolute atomic E-state index is 13.0. The van der Waals surface area contributed by atoms with Crippen LogP contribution in [0, 0.1) is 5.92 Å². The van der Waals surface area contributed by atoms with Crippen LogP contribution >= 0.6 is 11.6 Å². The number of fused-ring (bicyclic) bond motifs is 1. The largest absolute Gasteiger partial charge is 0.381 e. The molecule has 3 nitrogen and oxygen atoms in total. The van der Waals surface area contributed by atoms with Crippen molar-refractivity contribution < 1.29 is 14.7 Å². The summed E-state index contributed by atoms with van der Waals surface area (Å²) < 4.78 is 0. The summed E-state index contributed by atoms with van der Waals surface area (Å²) in [7, 11) is 0. The summed E-state index contributed by atoms with van der Waals surface area (Å²) >= 11 is 5.96. The Balaban J connectivity index is 1.53. The van der Waals surface area contributed by atoms with Gasteiger partial charge in [-0.1, -0.05) is 48.0 Å². The van der Waals surface area contributed by atoms with E-state index in [1.165, 1.54) is 5.56 Å². The summed E-state index contributed by atoms with van der Waals surface area (Å²) in [5.74, 6) is -0.185. The molecule has 1 N–H and O–H groups in total. The molecular formula is C22H21ClO3. The van der Waals surface area contributed by atoms with Gasteiger partial charge in [0.1, 0.15) is 5.60 Å². The fourth-order valence-electron chi connectivity index (χ4n) is 4.55. The standard InChI is InChI=1S/C22H21ClO3/c23-17-11-7-15(8-12-17)14-5-9-16(10-6-14)22(26)13-20(24)18-3-1-2-4-19(18)21(22)25/h1-4,7-8,11-12,14,16,26H,5-6,9-10,13H2. The molecule has 0 saturated heterocycles. The Hall–Kier alpha value is -1.97. The van der Waals surface area contributed by atoms with Crippen molar-refractivity contribution in [3.63, 3.8) is 0 Å². The summed E-state index contributed by atoms with van der Waals surface area (Å²) in [5.41, 5.74) is 0.496. The van der Waals surface area contributed by atoms with E-state index in [-0.39, 0.29) is 23.9 Å². The lowest BCUT2D eigenvalue weighted by Crippen LogP contribution is -2.51. The van der Waals surface area contributed by atoms with Crippen LogP contribution in [0.1, 0.15) is 64.3 Å². The molecule has 26 heavy (non-hydrogen) atoms. The van der Waals surface area contributed by atoms with Crippen LogP contribution in [0.15, 0.2) is 48.5 Å². The Morgan fingerprint density at radius 1 is 0.885 bits per heavy atom. The van der Waals surface area contributed by atoms with Gasteiger partial charge in [0.15, 0.2) is 11.6 Å². The molecule has 0 heterocycles. The number of hydrogen-bond donors (Lipinski definition) is 1. The van der Waals surface area contributed by atoms with E-state index in [2.05, 4.69) is 0 Å². The number of aliphatic hydroxyl groups is 1. The van der Waals surface area contributed by atoms with Gasteiger partial charge in [-0.25, -0.2) is 0 Å². The lowest BCUT2D eigenvalue weighted by molar-refractivity contribution is -0.0195. The highest BCUT2D eigenvalue weighted by Gasteiger charge is 2.50. The second-order valence-electron chi connectivity index (χ2n) is 7.50. The van der Waals surface area contributed by atoms with E-state index in [0.717, 1.165) is 30.7 Å². The van der Waals surface area contributed by atoms with Crippen LogP contribution in [0.2, 0.25) is 5.02 Å². The Morgan fingerprint density at radius 3 is 2.15 bits per heavy atom. The zero-order valence-electron chi connectivity index (χ0n) is 14.5. The minimum absolute atomic E-state index is 0.0981. The average molecular weight is 369 g/mol. The third-order valence-electron chi connectivity index (χ3n) is 6.04. The lowest BCUT2D eigenvalue weighted by atomic mass is 9.65. The van der Waals surface area contributed by atoms with E-state index < -0.39 is 5.60 Å². The van der Waals surface area contributed by atoms with Gasteiger partial charge in [0.2, 0.25) is 0 Å². The van der Waals surface area contributed by atoms with Crippen LogP contribution in [-0.4, -0.2) is 22.3 Å². The topological polar surface area (TPSA) is 54.4 Å². The third-order valence-corrected chi connectivity index (χ3v) is 6.29. The Morgan fingerprint density at radius 2 is 1.50 bits per heavy atom. The molecule has 4 rings (SSSR count). The number of ketones is 2. The number of benzene rings is 2. The molecule has 134 valence electrons. The van der Waals surface area contributed by atoms with Gasteiger partial charge in [0.25, 0.3) is 0 Å². The molecule has 1 atom stereocenters. The first-order valence-corrected chi connectivity index (χ1v) is 9.51. The molecule has 2 aliphatic rings. The highest BCUT2D eigenvalue weighted by Crippen LogP contribution is 2.44. The second kappa shape index (κ2) is 6.64. The van der Waals surface area contributed by atoms with Crippen LogP contribution in [0.25, 0.3) is 0 Å². The highest BCUT2D eigenvalue weighted by atomic mass is 35.5. The van der Waals surface area contributed by atoms with Crippen LogP contribution in [0.4, 0.5) is 0 Å². The minimum Gasteiger partial charge on any atom is -0.381 e. The normalized spacial score (nSPS) is 28.7. The van der Waals surface area contributed by atoms with Crippen molar-refractivity contribution in [3.8, 4) is 0 Å². The van der Waals surface area contributed by atoms with Gasteiger partial charge in [0, 0.05) is 22.6 Å². The quantitative estimate of drug-likeness (QED) is 0.827. The predicted octanol–water partition coefficient (Wildman–Crippen LogP) is 4.81. The average Bonchev–Trinajstić information content (AvgIpc) is 2.67. The first kappa shape index (κ1) is 17.4. The van der Waals surface area contributed by atoms with Gasteiger partial charge >= 0.3 is 0 Å². The van der Waals surface area contributed by atoms with Crippen molar-refractivity contribution in [2.24, 2.45) is 5.92 Å². The summed E-state index contributed by atoms with van der Waals surface area (Å²) in [5, 5.41) is 11.9. The van der Waals surface area contributed by atoms with E-state index in [1.54, 1.807) is 24.3 Å². The van der Waals surface area contributed by atoms with E-state index in [9.17, 15) is 14.7 Å². The number of carbonyl (C=O) groups excluding carboxylic acids is 2. The van der Waals surface area contributed by atoms with Gasteiger partial charge in [-0.2, -0.15) is 0 Å². The van der Waals surface area contributed by atoms with Gasteiger partial charge in [-0.05, 0) is 55.2 Å². The Labute approximate surface area is 158 Å². The van der Waals surface area contributed by atoms with Crippen molar-refractivity contribution in [3.05, 3.63) is 70.2 Å². The van der Waals surface area contributed by atoms with Crippen LogP contribution in [0.5, 0.6) is 0 Å². The highest BCUT2D eigenvalue weighted by molar-refractivity contribution is 6.30. The number of halogens is 1. The van der Waals surface area contributed by atoms with E-state index >= 15 is 0 Å². The van der Waals surface area contributed by atoms with E-state index in [4.69, 9.17) is 11.6 Å². The molecular weight excluding hydrogens is 348 g/mol. The second-order valence-corrected chi connectivity index (χ2v) is 7.94.